The molecule has 0 fully saturated rings. The molecule has 2 atom stereocenters. The van der Waals surface area contributed by atoms with Crippen LogP contribution in [0.25, 0.3) is 10.6 Å². The van der Waals surface area contributed by atoms with Gasteiger partial charge in [0.05, 0.1) is 18.4 Å². The van der Waals surface area contributed by atoms with Crippen LogP contribution in [0.15, 0.2) is 30.3 Å². The Hall–Kier alpha value is -1.27. The van der Waals surface area contributed by atoms with Gasteiger partial charge in [0.15, 0.2) is 0 Å². The first-order valence-corrected chi connectivity index (χ1v) is 8.36. The molecule has 2 unspecified atom stereocenters. The summed E-state index contributed by atoms with van der Waals surface area (Å²) in [5.41, 5.74) is 2.23. The molecule has 1 aromatic carbocycles. The summed E-state index contributed by atoms with van der Waals surface area (Å²) in [7, 11) is 1.60. The van der Waals surface area contributed by atoms with Crippen LogP contribution >= 0.6 is 11.3 Å². The Morgan fingerprint density at radius 3 is 2.73 bits per heavy atom. The maximum atomic E-state index is 9.67. The molecule has 1 heterocycles. The van der Waals surface area contributed by atoms with E-state index in [4.69, 9.17) is 4.74 Å². The molecule has 0 spiro atoms. The Morgan fingerprint density at radius 1 is 1.32 bits per heavy atom. The number of hydrogen-bond acceptors (Lipinski definition) is 5. The van der Waals surface area contributed by atoms with E-state index in [1.807, 2.05) is 18.2 Å². The van der Waals surface area contributed by atoms with Crippen LogP contribution in [0.5, 0.6) is 0 Å². The Labute approximate surface area is 136 Å². The number of nitrogens with one attached hydrogen (secondary N) is 1. The van der Waals surface area contributed by atoms with Gasteiger partial charge >= 0.3 is 0 Å². The van der Waals surface area contributed by atoms with E-state index < -0.39 is 6.10 Å². The molecule has 5 heteroatoms. The van der Waals surface area contributed by atoms with Crippen molar-refractivity contribution >= 4 is 11.3 Å². The lowest BCUT2D eigenvalue weighted by atomic mass is 10.2. The molecular formula is C17H24N2O2S. The van der Waals surface area contributed by atoms with Gasteiger partial charge in [-0.25, -0.2) is 4.98 Å². The van der Waals surface area contributed by atoms with Gasteiger partial charge in [0.1, 0.15) is 5.01 Å². The van der Waals surface area contributed by atoms with E-state index in [0.717, 1.165) is 22.8 Å². The van der Waals surface area contributed by atoms with E-state index in [1.165, 1.54) is 4.88 Å². The van der Waals surface area contributed by atoms with Crippen LogP contribution in [-0.4, -0.2) is 36.5 Å². The van der Waals surface area contributed by atoms with Crippen LogP contribution < -0.4 is 5.32 Å². The highest BCUT2D eigenvalue weighted by molar-refractivity contribution is 7.15. The summed E-state index contributed by atoms with van der Waals surface area (Å²) < 4.78 is 4.93. The molecule has 2 rings (SSSR count). The van der Waals surface area contributed by atoms with Gasteiger partial charge in [0, 0.05) is 23.6 Å². The number of aliphatic hydroxyl groups is 1. The van der Waals surface area contributed by atoms with Crippen molar-refractivity contribution < 1.29 is 9.84 Å². The molecule has 0 bridgehead atoms. The van der Waals surface area contributed by atoms with Crippen LogP contribution in [0.1, 0.15) is 30.0 Å². The van der Waals surface area contributed by atoms with Gasteiger partial charge in [0.2, 0.25) is 0 Å². The van der Waals surface area contributed by atoms with E-state index in [9.17, 15) is 5.11 Å². The molecule has 22 heavy (non-hydrogen) atoms. The summed E-state index contributed by atoms with van der Waals surface area (Å²) in [6.45, 7) is 5.33. The molecule has 0 saturated heterocycles. The predicted molar refractivity (Wildman–Crippen MR) is 91.2 cm³/mol. The molecular weight excluding hydrogens is 296 g/mol. The Balaban J connectivity index is 1.96. The summed E-state index contributed by atoms with van der Waals surface area (Å²) in [6, 6.07) is 10.5. The zero-order chi connectivity index (χ0) is 15.9. The first kappa shape index (κ1) is 17.1. The fourth-order valence-electron chi connectivity index (χ4n) is 2.35. The average Bonchev–Trinajstić information content (AvgIpc) is 2.90. The number of methoxy groups -OCH3 is 1. The number of benzene rings is 1. The van der Waals surface area contributed by atoms with Gasteiger partial charge in [-0.1, -0.05) is 30.3 Å². The lowest BCUT2D eigenvalue weighted by Gasteiger charge is -2.14. The fraction of sp³-hybridized carbons (Fsp3) is 0.471. The number of ether oxygens (including phenoxy) is 1. The normalized spacial score (nSPS) is 14.0. The molecule has 0 radical (unpaired) electrons. The van der Waals surface area contributed by atoms with Crippen molar-refractivity contribution in [2.75, 3.05) is 20.3 Å². The minimum atomic E-state index is -0.410. The highest BCUT2D eigenvalue weighted by Gasteiger charge is 2.15. The maximum absolute atomic E-state index is 9.67. The van der Waals surface area contributed by atoms with Crippen molar-refractivity contribution in [1.82, 2.24) is 10.3 Å². The maximum Gasteiger partial charge on any atom is 0.123 e. The monoisotopic (exact) mass is 320 g/mol. The zero-order valence-electron chi connectivity index (χ0n) is 13.4. The number of rotatable bonds is 8. The van der Waals surface area contributed by atoms with Crippen LogP contribution in [0, 0.1) is 6.92 Å². The molecule has 0 aliphatic carbocycles. The first-order valence-electron chi connectivity index (χ1n) is 7.55. The number of aromatic nitrogens is 1. The van der Waals surface area contributed by atoms with E-state index in [2.05, 4.69) is 36.3 Å². The van der Waals surface area contributed by atoms with Gasteiger partial charge in [-0.2, -0.15) is 0 Å². The topological polar surface area (TPSA) is 54.4 Å². The predicted octanol–water partition coefficient (Wildman–Crippen LogP) is 3.17. The number of aliphatic hydroxyl groups excluding tert-OH is 1. The van der Waals surface area contributed by atoms with Crippen LogP contribution in [0.4, 0.5) is 0 Å². The van der Waals surface area contributed by atoms with Crippen molar-refractivity contribution in [3.8, 4) is 10.6 Å². The van der Waals surface area contributed by atoms with Crippen LogP contribution in [0.3, 0.4) is 0 Å². The molecule has 0 aliphatic heterocycles. The molecule has 2 N–H and O–H groups in total. The summed E-state index contributed by atoms with van der Waals surface area (Å²) in [4.78, 5) is 5.93. The average molecular weight is 320 g/mol. The van der Waals surface area contributed by atoms with Crippen molar-refractivity contribution in [2.24, 2.45) is 0 Å². The van der Waals surface area contributed by atoms with E-state index >= 15 is 0 Å². The van der Waals surface area contributed by atoms with Crippen molar-refractivity contribution in [2.45, 2.75) is 32.4 Å². The Morgan fingerprint density at radius 2 is 2.05 bits per heavy atom. The Bertz CT molecular complexity index is 571. The van der Waals surface area contributed by atoms with Gasteiger partial charge in [-0.3, -0.25) is 0 Å². The van der Waals surface area contributed by atoms with Crippen LogP contribution in [0.2, 0.25) is 0 Å². The van der Waals surface area contributed by atoms with E-state index in [-0.39, 0.29) is 6.04 Å². The second-order valence-corrected chi connectivity index (χ2v) is 6.44. The van der Waals surface area contributed by atoms with Gasteiger partial charge in [0.25, 0.3) is 0 Å². The second kappa shape index (κ2) is 8.39. The first-order chi connectivity index (χ1) is 10.6. The summed E-state index contributed by atoms with van der Waals surface area (Å²) in [5.74, 6) is 0. The lowest BCUT2D eigenvalue weighted by molar-refractivity contribution is 0.0591. The molecule has 0 amide bonds. The molecule has 1 aromatic heterocycles. The van der Waals surface area contributed by atoms with Crippen LogP contribution in [-0.2, 0) is 4.74 Å². The minimum Gasteiger partial charge on any atom is -0.391 e. The lowest BCUT2D eigenvalue weighted by Crippen LogP contribution is -2.25. The van der Waals surface area contributed by atoms with Crippen molar-refractivity contribution in [1.29, 1.82) is 0 Å². The third kappa shape index (κ3) is 4.61. The molecule has 0 saturated carbocycles. The van der Waals surface area contributed by atoms with E-state index in [1.54, 1.807) is 18.4 Å². The molecule has 120 valence electrons. The van der Waals surface area contributed by atoms with Gasteiger partial charge in [-0.15, -0.1) is 11.3 Å². The highest BCUT2D eigenvalue weighted by Crippen LogP contribution is 2.31. The molecule has 4 nitrogen and oxygen atoms in total. The smallest absolute Gasteiger partial charge is 0.123 e. The highest BCUT2D eigenvalue weighted by atomic mass is 32.1. The minimum absolute atomic E-state index is 0.227. The summed E-state index contributed by atoms with van der Waals surface area (Å²) in [5, 5.41) is 14.2. The standard InChI is InChI=1S/C17H24N2O2S/c1-12(18-10-9-15(20)11-21-3)16-13(2)19-17(22-16)14-7-5-4-6-8-14/h4-8,12,15,18,20H,9-11H2,1-3H3. The number of hydrogen-bond donors (Lipinski definition) is 2. The summed E-state index contributed by atoms with van der Waals surface area (Å²) in [6.07, 6.45) is 0.272. The zero-order valence-corrected chi connectivity index (χ0v) is 14.2. The number of nitrogens with zero attached hydrogens (tertiary/aromatic N) is 1. The summed E-state index contributed by atoms with van der Waals surface area (Å²) >= 11 is 1.73. The largest absolute Gasteiger partial charge is 0.391 e. The number of aryl methyl sites for hydroxylation is 1. The SMILES string of the molecule is COCC(O)CCNC(C)c1sc(-c2ccccc2)nc1C. The molecule has 2 aromatic rings. The van der Waals surface area contributed by atoms with E-state index in [0.29, 0.717) is 13.0 Å². The number of thiazole rings is 1. The van der Waals surface area contributed by atoms with Crippen molar-refractivity contribution in [3.63, 3.8) is 0 Å². The second-order valence-electron chi connectivity index (χ2n) is 5.41. The Kier molecular flexibility index (Phi) is 6.51. The van der Waals surface area contributed by atoms with Gasteiger partial charge < -0.3 is 15.2 Å². The quantitative estimate of drug-likeness (QED) is 0.784. The fourth-order valence-corrected chi connectivity index (χ4v) is 3.45. The third-order valence-electron chi connectivity index (χ3n) is 3.53. The third-order valence-corrected chi connectivity index (χ3v) is 4.92. The van der Waals surface area contributed by atoms with Crippen molar-refractivity contribution in [3.05, 3.63) is 40.9 Å². The molecule has 0 aliphatic rings. The van der Waals surface area contributed by atoms with Gasteiger partial charge in [-0.05, 0) is 26.8 Å².